The van der Waals surface area contributed by atoms with E-state index in [2.05, 4.69) is 15.0 Å². The molecule has 0 saturated heterocycles. The Morgan fingerprint density at radius 1 is 1.14 bits per heavy atom. The first-order valence-corrected chi connectivity index (χ1v) is 6.06. The molecule has 7 heteroatoms. The molecule has 0 radical (unpaired) electrons. The Bertz CT molecular complexity index is 940. The second-order valence-electron chi connectivity index (χ2n) is 4.37. The van der Waals surface area contributed by atoms with Crippen molar-refractivity contribution in [2.75, 3.05) is 11.5 Å². The number of nitrogens with one attached hydrogen (secondary N) is 1. The highest BCUT2D eigenvalue weighted by atomic mass is 16.1. The SMILES string of the molecule is N#Cc1c(N)nc2nc(N)[nH]c(=O)c2c1-c1ccccc1. The Labute approximate surface area is 118 Å². The molecular weight excluding hydrogens is 268 g/mol. The van der Waals surface area contributed by atoms with Crippen LogP contribution in [0.2, 0.25) is 0 Å². The minimum atomic E-state index is -0.458. The lowest BCUT2D eigenvalue weighted by Gasteiger charge is -2.10. The van der Waals surface area contributed by atoms with Gasteiger partial charge >= 0.3 is 0 Å². The van der Waals surface area contributed by atoms with Crippen LogP contribution in [0.15, 0.2) is 35.1 Å². The average Bonchev–Trinajstić information content (AvgIpc) is 2.46. The van der Waals surface area contributed by atoms with Crippen LogP contribution in [0.25, 0.3) is 22.2 Å². The number of nitrogen functional groups attached to an aromatic ring is 2. The highest BCUT2D eigenvalue weighted by Gasteiger charge is 2.18. The molecule has 0 aliphatic carbocycles. The minimum Gasteiger partial charge on any atom is -0.383 e. The summed E-state index contributed by atoms with van der Waals surface area (Å²) in [6.45, 7) is 0. The number of hydrogen-bond donors (Lipinski definition) is 3. The molecule has 0 spiro atoms. The first-order valence-electron chi connectivity index (χ1n) is 6.06. The van der Waals surface area contributed by atoms with Crippen LogP contribution in [0.1, 0.15) is 5.56 Å². The molecule has 0 bridgehead atoms. The highest BCUT2D eigenvalue weighted by Crippen LogP contribution is 2.31. The number of hydrogen-bond acceptors (Lipinski definition) is 6. The number of anilines is 2. The molecule has 2 aromatic heterocycles. The molecule has 0 saturated carbocycles. The van der Waals surface area contributed by atoms with E-state index in [-0.39, 0.29) is 28.4 Å². The van der Waals surface area contributed by atoms with Crippen LogP contribution in [0.3, 0.4) is 0 Å². The quantitative estimate of drug-likeness (QED) is 0.608. The molecule has 3 rings (SSSR count). The lowest BCUT2D eigenvalue weighted by molar-refractivity contribution is 1.16. The van der Waals surface area contributed by atoms with Gasteiger partial charge in [0, 0.05) is 5.56 Å². The molecule has 0 fully saturated rings. The van der Waals surface area contributed by atoms with Crippen LogP contribution in [0.5, 0.6) is 0 Å². The van der Waals surface area contributed by atoms with Crippen molar-refractivity contribution in [3.63, 3.8) is 0 Å². The van der Waals surface area contributed by atoms with Gasteiger partial charge in [0.2, 0.25) is 5.95 Å². The number of nitrogens with two attached hydrogens (primary N) is 2. The molecule has 0 atom stereocenters. The number of fused-ring (bicyclic) bond motifs is 1. The second-order valence-corrected chi connectivity index (χ2v) is 4.37. The van der Waals surface area contributed by atoms with Crippen molar-refractivity contribution < 1.29 is 0 Å². The molecule has 21 heavy (non-hydrogen) atoms. The maximum atomic E-state index is 12.2. The van der Waals surface area contributed by atoms with E-state index in [0.29, 0.717) is 11.1 Å². The number of pyridine rings is 1. The summed E-state index contributed by atoms with van der Waals surface area (Å²) in [7, 11) is 0. The number of H-pyrrole nitrogens is 1. The lowest BCUT2D eigenvalue weighted by atomic mass is 9.98. The Morgan fingerprint density at radius 2 is 1.86 bits per heavy atom. The fourth-order valence-corrected chi connectivity index (χ4v) is 2.21. The van der Waals surface area contributed by atoms with Crippen molar-refractivity contribution in [3.05, 3.63) is 46.2 Å². The molecule has 3 aromatic rings. The van der Waals surface area contributed by atoms with Crippen molar-refractivity contribution >= 4 is 22.8 Å². The van der Waals surface area contributed by atoms with Gasteiger partial charge in [0.15, 0.2) is 5.65 Å². The van der Waals surface area contributed by atoms with Crippen LogP contribution < -0.4 is 17.0 Å². The van der Waals surface area contributed by atoms with Crippen LogP contribution in [0, 0.1) is 11.3 Å². The normalized spacial score (nSPS) is 10.4. The molecule has 2 heterocycles. The van der Waals surface area contributed by atoms with Gasteiger partial charge < -0.3 is 11.5 Å². The van der Waals surface area contributed by atoms with Gasteiger partial charge in [-0.2, -0.15) is 10.2 Å². The Balaban J connectivity index is 2.57. The fourth-order valence-electron chi connectivity index (χ4n) is 2.21. The Hall–Kier alpha value is -3.40. The summed E-state index contributed by atoms with van der Waals surface area (Å²) in [5.74, 6) is -0.0375. The zero-order valence-corrected chi connectivity index (χ0v) is 10.8. The zero-order valence-electron chi connectivity index (χ0n) is 10.8. The Morgan fingerprint density at radius 3 is 2.52 bits per heavy atom. The molecule has 0 aliphatic rings. The topological polar surface area (TPSA) is 134 Å². The number of aromatic amines is 1. The zero-order chi connectivity index (χ0) is 15.0. The number of rotatable bonds is 1. The summed E-state index contributed by atoms with van der Waals surface area (Å²) in [5.41, 5.74) is 12.2. The van der Waals surface area contributed by atoms with Crippen LogP contribution in [-0.2, 0) is 0 Å². The molecule has 7 nitrogen and oxygen atoms in total. The van der Waals surface area contributed by atoms with Gasteiger partial charge in [-0.25, -0.2) is 4.98 Å². The molecule has 102 valence electrons. The first-order chi connectivity index (χ1) is 10.1. The maximum absolute atomic E-state index is 12.2. The van der Waals surface area contributed by atoms with Gasteiger partial charge in [0.05, 0.1) is 5.39 Å². The summed E-state index contributed by atoms with van der Waals surface area (Å²) in [6, 6.07) is 11.0. The van der Waals surface area contributed by atoms with Crippen molar-refractivity contribution in [2.45, 2.75) is 0 Å². The van der Waals surface area contributed by atoms with E-state index >= 15 is 0 Å². The van der Waals surface area contributed by atoms with Gasteiger partial charge in [-0.3, -0.25) is 9.78 Å². The number of aromatic nitrogens is 3. The van der Waals surface area contributed by atoms with E-state index in [1.165, 1.54) is 0 Å². The van der Waals surface area contributed by atoms with Crippen LogP contribution in [-0.4, -0.2) is 15.0 Å². The minimum absolute atomic E-state index is 0.0151. The van der Waals surface area contributed by atoms with E-state index in [0.717, 1.165) is 0 Å². The van der Waals surface area contributed by atoms with Gasteiger partial charge in [-0.05, 0) is 5.56 Å². The van der Waals surface area contributed by atoms with Gasteiger partial charge in [-0.15, -0.1) is 0 Å². The first kappa shape index (κ1) is 12.6. The largest absolute Gasteiger partial charge is 0.383 e. The molecule has 1 aromatic carbocycles. The lowest BCUT2D eigenvalue weighted by Crippen LogP contribution is -2.15. The summed E-state index contributed by atoms with van der Waals surface area (Å²) in [4.78, 5) is 22.6. The third-order valence-corrected chi connectivity index (χ3v) is 3.08. The summed E-state index contributed by atoms with van der Waals surface area (Å²) >= 11 is 0. The number of benzene rings is 1. The van der Waals surface area contributed by atoms with E-state index in [9.17, 15) is 10.1 Å². The summed E-state index contributed by atoms with van der Waals surface area (Å²) in [6.07, 6.45) is 0. The molecule has 0 aliphatic heterocycles. The third kappa shape index (κ3) is 1.95. The van der Waals surface area contributed by atoms with E-state index in [1.807, 2.05) is 12.1 Å². The van der Waals surface area contributed by atoms with Gasteiger partial charge in [0.1, 0.15) is 17.5 Å². The average molecular weight is 278 g/mol. The van der Waals surface area contributed by atoms with E-state index in [1.54, 1.807) is 24.3 Å². The number of nitriles is 1. The standard InChI is InChI=1S/C14H10N6O/c15-6-8-9(7-4-2-1-3-5-7)10-12(18-11(8)16)19-14(17)20-13(10)21/h1-5H,(H5,16,17,18,19,20,21). The molecule has 0 amide bonds. The van der Waals surface area contributed by atoms with E-state index in [4.69, 9.17) is 11.5 Å². The van der Waals surface area contributed by atoms with Crippen molar-refractivity contribution in [1.82, 2.24) is 15.0 Å². The predicted molar refractivity (Wildman–Crippen MR) is 79.1 cm³/mol. The van der Waals surface area contributed by atoms with Crippen LogP contribution in [0.4, 0.5) is 11.8 Å². The smallest absolute Gasteiger partial charge is 0.262 e. The summed E-state index contributed by atoms with van der Waals surface area (Å²) < 4.78 is 0. The third-order valence-electron chi connectivity index (χ3n) is 3.08. The van der Waals surface area contributed by atoms with Crippen molar-refractivity contribution in [2.24, 2.45) is 0 Å². The molecule has 5 N–H and O–H groups in total. The molecule has 0 unspecified atom stereocenters. The fraction of sp³-hybridized carbons (Fsp3) is 0. The monoisotopic (exact) mass is 278 g/mol. The van der Waals surface area contributed by atoms with Crippen molar-refractivity contribution in [1.29, 1.82) is 5.26 Å². The summed E-state index contributed by atoms with van der Waals surface area (Å²) in [5, 5.41) is 9.53. The van der Waals surface area contributed by atoms with E-state index < -0.39 is 5.56 Å². The number of nitrogens with zero attached hydrogens (tertiary/aromatic N) is 3. The van der Waals surface area contributed by atoms with Gasteiger partial charge in [0.25, 0.3) is 5.56 Å². The highest BCUT2D eigenvalue weighted by molar-refractivity contribution is 5.97. The predicted octanol–water partition coefficient (Wildman–Crippen LogP) is 1.02. The van der Waals surface area contributed by atoms with Crippen molar-refractivity contribution in [3.8, 4) is 17.2 Å². The van der Waals surface area contributed by atoms with Gasteiger partial charge in [-0.1, -0.05) is 30.3 Å². The second kappa shape index (κ2) is 4.61. The molecular formula is C14H10N6O. The Kier molecular flexibility index (Phi) is 2.77. The maximum Gasteiger partial charge on any atom is 0.262 e. The van der Waals surface area contributed by atoms with Crippen LogP contribution >= 0.6 is 0 Å².